The maximum atomic E-state index is 4.53. The van der Waals surface area contributed by atoms with Crippen LogP contribution in [0.2, 0.25) is 0 Å². The van der Waals surface area contributed by atoms with Crippen LogP contribution in [0.4, 0.5) is 11.6 Å². The summed E-state index contributed by atoms with van der Waals surface area (Å²) in [7, 11) is 0. The third-order valence-electron chi connectivity index (χ3n) is 2.73. The Morgan fingerprint density at radius 3 is 2.83 bits per heavy atom. The fraction of sp³-hybridized carbons (Fsp3) is 0.357. The minimum absolute atomic E-state index is 0.903. The average molecular weight is 308 g/mol. The van der Waals surface area contributed by atoms with Gasteiger partial charge in [0.05, 0.1) is 11.4 Å². The second kappa shape index (κ2) is 5.57. The third-order valence-corrected chi connectivity index (χ3v) is 3.42. The molecule has 2 rings (SSSR count). The molecule has 2 aromatic rings. The number of nitrogens with one attached hydrogen (secondary N) is 1. The van der Waals surface area contributed by atoms with E-state index in [1.807, 2.05) is 6.92 Å². The van der Waals surface area contributed by atoms with Crippen LogP contribution >= 0.6 is 15.9 Å². The van der Waals surface area contributed by atoms with Gasteiger partial charge in [-0.1, -0.05) is 13.0 Å². The summed E-state index contributed by atoms with van der Waals surface area (Å²) in [6.07, 6.45) is 3.18. The first-order valence-corrected chi connectivity index (χ1v) is 6.96. The van der Waals surface area contributed by atoms with Gasteiger partial charge in [0.1, 0.15) is 0 Å². The lowest BCUT2D eigenvalue weighted by Gasteiger charge is -2.11. The van der Waals surface area contributed by atoms with Crippen molar-refractivity contribution in [2.24, 2.45) is 0 Å². The van der Waals surface area contributed by atoms with Crippen LogP contribution in [0.15, 0.2) is 28.9 Å². The molecule has 0 saturated carbocycles. The second-order valence-corrected chi connectivity index (χ2v) is 5.36. The van der Waals surface area contributed by atoms with Gasteiger partial charge < -0.3 is 9.88 Å². The van der Waals surface area contributed by atoms with E-state index in [1.54, 1.807) is 0 Å². The number of benzene rings is 1. The molecule has 18 heavy (non-hydrogen) atoms. The molecule has 96 valence electrons. The molecule has 3 nitrogen and oxygen atoms in total. The summed E-state index contributed by atoms with van der Waals surface area (Å²) in [5.41, 5.74) is 3.32. The van der Waals surface area contributed by atoms with Gasteiger partial charge in [0.2, 0.25) is 5.95 Å². The van der Waals surface area contributed by atoms with E-state index >= 15 is 0 Å². The summed E-state index contributed by atoms with van der Waals surface area (Å²) in [5.74, 6) is 0.903. The van der Waals surface area contributed by atoms with Crippen molar-refractivity contribution in [3.8, 4) is 0 Å². The molecule has 0 amide bonds. The molecule has 1 N–H and O–H groups in total. The SMILES string of the molecule is CCCn1cc(C)nc1Nc1cc(C)ccc1Br. The fourth-order valence-corrected chi connectivity index (χ4v) is 2.26. The summed E-state index contributed by atoms with van der Waals surface area (Å²) >= 11 is 3.56. The summed E-state index contributed by atoms with van der Waals surface area (Å²) in [4.78, 5) is 4.53. The molecular weight excluding hydrogens is 290 g/mol. The molecule has 1 heterocycles. The van der Waals surface area contributed by atoms with Crippen LogP contribution in [0.3, 0.4) is 0 Å². The topological polar surface area (TPSA) is 29.9 Å². The van der Waals surface area contributed by atoms with E-state index in [4.69, 9.17) is 0 Å². The molecule has 4 heteroatoms. The lowest BCUT2D eigenvalue weighted by atomic mass is 10.2. The van der Waals surface area contributed by atoms with E-state index in [0.29, 0.717) is 0 Å². The molecule has 0 aliphatic rings. The van der Waals surface area contributed by atoms with Crippen molar-refractivity contribution in [3.63, 3.8) is 0 Å². The van der Waals surface area contributed by atoms with Crippen LogP contribution in [0.25, 0.3) is 0 Å². The van der Waals surface area contributed by atoms with E-state index in [9.17, 15) is 0 Å². The van der Waals surface area contributed by atoms with Gasteiger partial charge in [-0.2, -0.15) is 0 Å². The van der Waals surface area contributed by atoms with Crippen LogP contribution in [0, 0.1) is 13.8 Å². The van der Waals surface area contributed by atoms with Crippen LogP contribution in [-0.4, -0.2) is 9.55 Å². The number of hydrogen-bond acceptors (Lipinski definition) is 2. The predicted octanol–water partition coefficient (Wildman–Crippen LogP) is 4.42. The first-order chi connectivity index (χ1) is 8.60. The molecule has 0 bridgehead atoms. The Labute approximate surface area is 116 Å². The molecule has 0 atom stereocenters. The Bertz CT molecular complexity index is 546. The summed E-state index contributed by atoms with van der Waals surface area (Å²) in [6, 6.07) is 6.25. The molecule has 0 saturated heterocycles. The number of aryl methyl sites for hydroxylation is 3. The van der Waals surface area contributed by atoms with E-state index < -0.39 is 0 Å². The minimum Gasteiger partial charge on any atom is -0.325 e. The van der Waals surface area contributed by atoms with Gasteiger partial charge in [0.15, 0.2) is 0 Å². The molecule has 0 fully saturated rings. The number of rotatable bonds is 4. The maximum Gasteiger partial charge on any atom is 0.207 e. The van der Waals surface area contributed by atoms with Crippen molar-refractivity contribution < 1.29 is 0 Å². The van der Waals surface area contributed by atoms with Crippen molar-refractivity contribution in [1.82, 2.24) is 9.55 Å². The van der Waals surface area contributed by atoms with Gasteiger partial charge in [-0.15, -0.1) is 0 Å². The van der Waals surface area contributed by atoms with Gasteiger partial charge in [-0.25, -0.2) is 4.98 Å². The van der Waals surface area contributed by atoms with Crippen molar-refractivity contribution >= 4 is 27.6 Å². The average Bonchev–Trinajstić information content (AvgIpc) is 2.65. The monoisotopic (exact) mass is 307 g/mol. The van der Waals surface area contributed by atoms with Crippen molar-refractivity contribution in [2.45, 2.75) is 33.7 Å². The molecule has 0 unspecified atom stereocenters. The van der Waals surface area contributed by atoms with Gasteiger partial charge >= 0.3 is 0 Å². The third kappa shape index (κ3) is 2.93. The molecule has 0 aliphatic carbocycles. The Morgan fingerprint density at radius 2 is 2.11 bits per heavy atom. The fourth-order valence-electron chi connectivity index (χ4n) is 1.91. The Morgan fingerprint density at radius 1 is 1.33 bits per heavy atom. The summed E-state index contributed by atoms with van der Waals surface area (Å²) < 4.78 is 3.21. The molecule has 0 spiro atoms. The molecular formula is C14H18BrN3. The zero-order valence-electron chi connectivity index (χ0n) is 11.0. The predicted molar refractivity (Wildman–Crippen MR) is 79.4 cm³/mol. The maximum absolute atomic E-state index is 4.53. The van der Waals surface area contributed by atoms with Crippen molar-refractivity contribution in [2.75, 3.05) is 5.32 Å². The highest BCUT2D eigenvalue weighted by atomic mass is 79.9. The van der Waals surface area contributed by atoms with E-state index in [2.05, 4.69) is 69.0 Å². The van der Waals surface area contributed by atoms with Crippen molar-refractivity contribution in [3.05, 3.63) is 40.1 Å². The summed E-state index contributed by atoms with van der Waals surface area (Å²) in [5, 5.41) is 3.39. The number of hydrogen-bond donors (Lipinski definition) is 1. The highest BCUT2D eigenvalue weighted by molar-refractivity contribution is 9.10. The van der Waals surface area contributed by atoms with Crippen LogP contribution in [0.1, 0.15) is 24.6 Å². The first kappa shape index (κ1) is 13.1. The van der Waals surface area contributed by atoms with Crippen LogP contribution in [-0.2, 0) is 6.54 Å². The Kier molecular flexibility index (Phi) is 4.07. The van der Waals surface area contributed by atoms with Crippen LogP contribution in [0.5, 0.6) is 0 Å². The normalized spacial score (nSPS) is 10.7. The molecule has 1 aromatic carbocycles. The Balaban J connectivity index is 2.30. The van der Waals surface area contributed by atoms with Gasteiger partial charge in [0, 0.05) is 17.2 Å². The zero-order valence-corrected chi connectivity index (χ0v) is 12.6. The molecule has 0 radical (unpaired) electrons. The van der Waals surface area contributed by atoms with Gasteiger partial charge in [-0.05, 0) is 53.9 Å². The van der Waals surface area contributed by atoms with Crippen LogP contribution < -0.4 is 5.32 Å². The van der Waals surface area contributed by atoms with Gasteiger partial charge in [-0.3, -0.25) is 0 Å². The number of nitrogens with zero attached hydrogens (tertiary/aromatic N) is 2. The number of aromatic nitrogens is 2. The highest BCUT2D eigenvalue weighted by Crippen LogP contribution is 2.26. The Hall–Kier alpha value is -1.29. The number of anilines is 2. The van der Waals surface area contributed by atoms with Crippen molar-refractivity contribution in [1.29, 1.82) is 0 Å². The smallest absolute Gasteiger partial charge is 0.207 e. The summed E-state index contributed by atoms with van der Waals surface area (Å²) in [6.45, 7) is 7.25. The van der Waals surface area contributed by atoms with Gasteiger partial charge in [0.25, 0.3) is 0 Å². The first-order valence-electron chi connectivity index (χ1n) is 6.17. The largest absolute Gasteiger partial charge is 0.325 e. The van der Waals surface area contributed by atoms with E-state index in [1.165, 1.54) is 5.56 Å². The highest BCUT2D eigenvalue weighted by Gasteiger charge is 2.07. The van der Waals surface area contributed by atoms with E-state index in [-0.39, 0.29) is 0 Å². The second-order valence-electron chi connectivity index (χ2n) is 4.51. The number of imidazole rings is 1. The molecule has 0 aliphatic heterocycles. The zero-order chi connectivity index (χ0) is 13.1. The minimum atomic E-state index is 0.903. The standard InChI is InChI=1S/C14H18BrN3/c1-4-7-18-9-11(3)16-14(18)17-13-8-10(2)5-6-12(13)15/h5-6,8-9H,4,7H2,1-3H3,(H,16,17). The van der Waals surface area contributed by atoms with E-state index in [0.717, 1.165) is 34.8 Å². The lowest BCUT2D eigenvalue weighted by Crippen LogP contribution is -2.03. The molecule has 1 aromatic heterocycles. The quantitative estimate of drug-likeness (QED) is 0.906. The lowest BCUT2D eigenvalue weighted by molar-refractivity contribution is 0.686. The number of halogens is 1.